The van der Waals surface area contributed by atoms with Crippen LogP contribution in [-0.2, 0) is 27.4 Å². The van der Waals surface area contributed by atoms with Crippen LogP contribution >= 0.6 is 0 Å². The van der Waals surface area contributed by atoms with Gasteiger partial charge in [0.25, 0.3) is 0 Å². The van der Waals surface area contributed by atoms with Gasteiger partial charge < -0.3 is 19.4 Å². The number of carbonyl (C=O) groups excluding carboxylic acids is 2. The van der Waals surface area contributed by atoms with Gasteiger partial charge in [0.05, 0.1) is 12.4 Å². The zero-order valence-corrected chi connectivity index (χ0v) is 14.2. The third-order valence-corrected chi connectivity index (χ3v) is 4.49. The van der Waals surface area contributed by atoms with E-state index < -0.39 is 0 Å². The number of ether oxygens (including phenoxy) is 1. The van der Waals surface area contributed by atoms with Gasteiger partial charge in [-0.2, -0.15) is 0 Å². The highest BCUT2D eigenvalue weighted by molar-refractivity contribution is 5.94. The Morgan fingerprint density at radius 2 is 2.31 bits per heavy atom. The number of aryl methyl sites for hydroxylation is 1. The molecule has 7 heteroatoms. The average Bonchev–Trinajstić information content (AvgIpc) is 3.12. The Hall–Kier alpha value is -2.93. The lowest BCUT2D eigenvalue weighted by Crippen LogP contribution is -2.54. The summed E-state index contributed by atoms with van der Waals surface area (Å²) in [6.45, 7) is 1.59. The van der Waals surface area contributed by atoms with Gasteiger partial charge in [-0.3, -0.25) is 9.59 Å². The van der Waals surface area contributed by atoms with Gasteiger partial charge in [-0.05, 0) is 41.8 Å². The van der Waals surface area contributed by atoms with Crippen LogP contribution < -0.4 is 5.32 Å². The van der Waals surface area contributed by atoms with Crippen LogP contribution in [0.4, 0.5) is 5.82 Å². The first-order chi connectivity index (χ1) is 12.7. The molecule has 4 rings (SSSR count). The number of anilines is 1. The zero-order chi connectivity index (χ0) is 17.9. The molecule has 2 aliphatic heterocycles. The van der Waals surface area contributed by atoms with Gasteiger partial charge in [0.2, 0.25) is 11.8 Å². The Morgan fingerprint density at radius 1 is 1.42 bits per heavy atom. The lowest BCUT2D eigenvalue weighted by atomic mass is 10.0. The average molecular weight is 353 g/mol. The summed E-state index contributed by atoms with van der Waals surface area (Å²) in [4.78, 5) is 29.5. The van der Waals surface area contributed by atoms with Crippen molar-refractivity contribution in [1.29, 1.82) is 0 Å². The molecule has 4 heterocycles. The highest BCUT2D eigenvalue weighted by Gasteiger charge is 2.30. The Kier molecular flexibility index (Phi) is 4.53. The van der Waals surface area contributed by atoms with E-state index in [0.717, 1.165) is 16.9 Å². The van der Waals surface area contributed by atoms with E-state index >= 15 is 0 Å². The lowest BCUT2D eigenvalue weighted by molar-refractivity contribution is -0.140. The predicted octanol–water partition coefficient (Wildman–Crippen LogP) is 2.00. The van der Waals surface area contributed by atoms with Crippen molar-refractivity contribution in [2.24, 2.45) is 0 Å². The molecular formula is C19H19N3O4. The van der Waals surface area contributed by atoms with Crippen molar-refractivity contribution in [3.8, 4) is 0 Å². The van der Waals surface area contributed by atoms with Crippen LogP contribution in [0.1, 0.15) is 23.3 Å². The van der Waals surface area contributed by atoms with Crippen LogP contribution in [0.5, 0.6) is 0 Å². The third kappa shape index (κ3) is 3.67. The minimum absolute atomic E-state index is 0.00919. The molecular weight excluding hydrogens is 334 g/mol. The van der Waals surface area contributed by atoms with Gasteiger partial charge in [-0.15, -0.1) is 0 Å². The summed E-state index contributed by atoms with van der Waals surface area (Å²) in [5, 5.41) is 2.75. The molecule has 7 nitrogen and oxygen atoms in total. The number of fused-ring (bicyclic) bond motifs is 1. The third-order valence-electron chi connectivity index (χ3n) is 4.49. The molecule has 0 radical (unpaired) electrons. The maximum Gasteiger partial charge on any atom is 0.246 e. The molecule has 0 spiro atoms. The van der Waals surface area contributed by atoms with Crippen LogP contribution in [0.2, 0.25) is 0 Å². The maximum absolute atomic E-state index is 12.2. The highest BCUT2D eigenvalue weighted by atomic mass is 16.5. The standard InChI is InChI=1S/C19H19N3O4/c23-17-5-4-14-8-13(9-20-19(14)21-17)3-6-18(24)22-10-16(11-22)26-12-15-2-1-7-25-15/h1-3,6-9,16H,4-5,10-12H2,(H,20,21,23). The number of carbonyl (C=O) groups is 2. The Bertz CT molecular complexity index is 838. The maximum atomic E-state index is 12.2. The van der Waals surface area contributed by atoms with Crippen molar-refractivity contribution in [2.45, 2.75) is 25.6 Å². The van der Waals surface area contributed by atoms with E-state index in [9.17, 15) is 9.59 Å². The fraction of sp³-hybridized carbons (Fsp3) is 0.316. The van der Waals surface area contributed by atoms with Crippen LogP contribution in [0.3, 0.4) is 0 Å². The van der Waals surface area contributed by atoms with Crippen molar-refractivity contribution in [2.75, 3.05) is 18.4 Å². The number of pyridine rings is 1. The number of rotatable bonds is 5. The Labute approximate surface area is 150 Å². The van der Waals surface area contributed by atoms with E-state index in [1.165, 1.54) is 0 Å². The summed E-state index contributed by atoms with van der Waals surface area (Å²) in [6, 6.07) is 5.64. The normalized spacial score (nSPS) is 17.1. The first-order valence-electron chi connectivity index (χ1n) is 8.57. The van der Waals surface area contributed by atoms with Crippen LogP contribution in [-0.4, -0.2) is 40.9 Å². The molecule has 2 amide bonds. The molecule has 1 N–H and O–H groups in total. The van der Waals surface area contributed by atoms with Crippen molar-refractivity contribution >= 4 is 23.7 Å². The molecule has 26 heavy (non-hydrogen) atoms. The molecule has 0 bridgehead atoms. The first kappa shape index (κ1) is 16.5. The minimum Gasteiger partial charge on any atom is -0.467 e. The number of nitrogens with one attached hydrogen (secondary N) is 1. The topological polar surface area (TPSA) is 84.7 Å². The minimum atomic E-state index is -0.0473. The molecule has 0 unspecified atom stereocenters. The number of nitrogens with zero attached hydrogens (tertiary/aromatic N) is 2. The molecule has 2 aliphatic rings. The monoisotopic (exact) mass is 353 g/mol. The number of furan rings is 1. The number of hydrogen-bond donors (Lipinski definition) is 1. The quantitative estimate of drug-likeness (QED) is 0.831. The van der Waals surface area contributed by atoms with Crippen molar-refractivity contribution in [1.82, 2.24) is 9.88 Å². The fourth-order valence-electron chi connectivity index (χ4n) is 2.96. The van der Waals surface area contributed by atoms with E-state index in [4.69, 9.17) is 9.15 Å². The van der Waals surface area contributed by atoms with E-state index in [2.05, 4.69) is 10.3 Å². The smallest absolute Gasteiger partial charge is 0.246 e. The summed E-state index contributed by atoms with van der Waals surface area (Å²) in [6.07, 6.45) is 7.75. The molecule has 2 aromatic heterocycles. The van der Waals surface area contributed by atoms with Crippen molar-refractivity contribution in [3.05, 3.63) is 53.6 Å². The van der Waals surface area contributed by atoms with Gasteiger partial charge >= 0.3 is 0 Å². The molecule has 0 atom stereocenters. The summed E-state index contributed by atoms with van der Waals surface area (Å²) < 4.78 is 10.9. The second kappa shape index (κ2) is 7.13. The lowest BCUT2D eigenvalue weighted by Gasteiger charge is -2.38. The Morgan fingerprint density at radius 3 is 3.12 bits per heavy atom. The van der Waals surface area contributed by atoms with Crippen LogP contribution in [0, 0.1) is 0 Å². The summed E-state index contributed by atoms with van der Waals surface area (Å²) in [5.74, 6) is 1.34. The van der Waals surface area contributed by atoms with E-state index in [1.807, 2.05) is 18.2 Å². The number of hydrogen-bond acceptors (Lipinski definition) is 5. The zero-order valence-electron chi connectivity index (χ0n) is 14.2. The van der Waals surface area contributed by atoms with Gasteiger partial charge in [-0.1, -0.05) is 0 Å². The summed E-state index contributed by atoms with van der Waals surface area (Å²) in [7, 11) is 0. The SMILES string of the molecule is O=C1CCc2cc(C=CC(=O)N3CC(OCc4ccco4)C3)cnc2N1. The van der Waals surface area contributed by atoms with E-state index in [-0.39, 0.29) is 17.9 Å². The van der Waals surface area contributed by atoms with Crippen LogP contribution in [0.15, 0.2) is 41.2 Å². The van der Waals surface area contributed by atoms with Gasteiger partial charge in [0, 0.05) is 31.8 Å². The molecule has 0 aromatic carbocycles. The second-order valence-electron chi connectivity index (χ2n) is 6.41. The number of likely N-dealkylation sites (tertiary alicyclic amines) is 1. The van der Waals surface area contributed by atoms with Crippen molar-refractivity contribution in [3.63, 3.8) is 0 Å². The molecule has 0 saturated carbocycles. The molecule has 134 valence electrons. The number of aromatic nitrogens is 1. The highest BCUT2D eigenvalue weighted by Crippen LogP contribution is 2.21. The number of amides is 2. The largest absolute Gasteiger partial charge is 0.467 e. The molecule has 1 saturated heterocycles. The second-order valence-corrected chi connectivity index (χ2v) is 6.41. The van der Waals surface area contributed by atoms with Gasteiger partial charge in [0.15, 0.2) is 0 Å². The van der Waals surface area contributed by atoms with Crippen LogP contribution in [0.25, 0.3) is 6.08 Å². The Balaban J connectivity index is 1.27. The van der Waals surface area contributed by atoms with Gasteiger partial charge in [-0.25, -0.2) is 4.98 Å². The molecule has 2 aromatic rings. The molecule has 1 fully saturated rings. The van der Waals surface area contributed by atoms with Gasteiger partial charge in [0.1, 0.15) is 18.2 Å². The predicted molar refractivity (Wildman–Crippen MR) is 94.1 cm³/mol. The summed E-state index contributed by atoms with van der Waals surface area (Å²) >= 11 is 0. The molecule has 0 aliphatic carbocycles. The van der Waals surface area contributed by atoms with Crippen molar-refractivity contribution < 1.29 is 18.7 Å². The summed E-state index contributed by atoms with van der Waals surface area (Å²) in [5.41, 5.74) is 1.84. The fourth-order valence-corrected chi connectivity index (χ4v) is 2.96. The first-order valence-corrected chi connectivity index (χ1v) is 8.57. The van der Waals surface area contributed by atoms with E-state index in [0.29, 0.717) is 38.4 Å². The van der Waals surface area contributed by atoms with E-state index in [1.54, 1.807) is 29.5 Å².